The molecule has 4 nitrogen and oxygen atoms in total. The number of methoxy groups -OCH3 is 1. The first kappa shape index (κ1) is 12.2. The molecule has 0 radical (unpaired) electrons. The molecule has 1 aromatic heterocycles. The van der Waals surface area contributed by atoms with Crippen molar-refractivity contribution >= 4 is 27.1 Å². The maximum Gasteiger partial charge on any atom is 0.315 e. The van der Waals surface area contributed by atoms with Crippen molar-refractivity contribution in [1.82, 2.24) is 0 Å². The van der Waals surface area contributed by atoms with Crippen molar-refractivity contribution in [3.05, 3.63) is 22.4 Å². The first-order chi connectivity index (χ1) is 6.94. The maximum absolute atomic E-state index is 11.4. The summed E-state index contributed by atoms with van der Waals surface area (Å²) in [7, 11) is -1.94. The lowest BCUT2D eigenvalue weighted by molar-refractivity contribution is -0.141. The monoisotopic (exact) mass is 248 g/mol. The maximum atomic E-state index is 11.4. The number of carbonyl (C=O) groups is 1. The van der Waals surface area contributed by atoms with Crippen LogP contribution in [0.1, 0.15) is 10.8 Å². The molecule has 1 aromatic rings. The third-order valence-electron chi connectivity index (χ3n) is 1.84. The van der Waals surface area contributed by atoms with Gasteiger partial charge in [-0.2, -0.15) is 0 Å². The van der Waals surface area contributed by atoms with Gasteiger partial charge in [0.15, 0.2) is 0 Å². The zero-order valence-corrected chi connectivity index (χ0v) is 10.1. The molecule has 0 saturated carbocycles. The van der Waals surface area contributed by atoms with Crippen LogP contribution in [-0.2, 0) is 19.4 Å². The first-order valence-corrected chi connectivity index (χ1v) is 7.17. The van der Waals surface area contributed by atoms with E-state index in [1.165, 1.54) is 18.4 Å². The molecular formula is C9H12O4S2. The summed E-state index contributed by atoms with van der Waals surface area (Å²) in [5.41, 5.74) is 0. The largest absolute Gasteiger partial charge is 0.469 e. The van der Waals surface area contributed by atoms with E-state index in [9.17, 15) is 13.2 Å². The molecule has 1 atom stereocenters. The van der Waals surface area contributed by atoms with Crippen LogP contribution < -0.4 is 0 Å². The van der Waals surface area contributed by atoms with Crippen molar-refractivity contribution in [3.8, 4) is 0 Å². The number of hydrogen-bond acceptors (Lipinski definition) is 5. The number of thiophene rings is 1. The van der Waals surface area contributed by atoms with E-state index < -0.39 is 21.7 Å². The van der Waals surface area contributed by atoms with Gasteiger partial charge in [0.1, 0.15) is 15.8 Å². The van der Waals surface area contributed by atoms with Gasteiger partial charge in [0, 0.05) is 11.1 Å². The van der Waals surface area contributed by atoms with Gasteiger partial charge >= 0.3 is 5.97 Å². The molecule has 0 amide bonds. The van der Waals surface area contributed by atoms with Gasteiger partial charge in [0.05, 0.1) is 12.9 Å². The number of sulfone groups is 1. The van der Waals surface area contributed by atoms with Crippen LogP contribution in [0.15, 0.2) is 17.5 Å². The molecule has 84 valence electrons. The molecule has 0 N–H and O–H groups in total. The van der Waals surface area contributed by atoms with Gasteiger partial charge in [0.25, 0.3) is 0 Å². The Kier molecular flexibility index (Phi) is 3.87. The molecule has 6 heteroatoms. The zero-order valence-electron chi connectivity index (χ0n) is 8.47. The molecule has 1 unspecified atom stereocenters. The molecule has 15 heavy (non-hydrogen) atoms. The van der Waals surface area contributed by atoms with Crippen LogP contribution in [0.4, 0.5) is 0 Å². The fourth-order valence-corrected chi connectivity index (χ4v) is 3.04. The van der Waals surface area contributed by atoms with Crippen LogP contribution in [0.3, 0.4) is 0 Å². The van der Waals surface area contributed by atoms with Crippen LogP contribution in [0, 0.1) is 0 Å². The number of rotatable bonds is 4. The van der Waals surface area contributed by atoms with Gasteiger partial charge in [-0.25, -0.2) is 8.42 Å². The molecule has 0 aliphatic heterocycles. The Morgan fingerprint density at radius 3 is 2.67 bits per heavy atom. The standard InChI is InChI=1S/C9H12O4S2/c1-13-9(10)7(6-15(2,11)12)8-4-3-5-14-8/h3-5,7H,6H2,1-2H3. The Bertz CT molecular complexity index is 419. The van der Waals surface area contributed by atoms with Gasteiger partial charge in [-0.1, -0.05) is 6.07 Å². The highest BCUT2D eigenvalue weighted by Crippen LogP contribution is 2.23. The second-order valence-electron chi connectivity index (χ2n) is 3.18. The SMILES string of the molecule is COC(=O)C(CS(C)(=O)=O)c1cccs1. The minimum Gasteiger partial charge on any atom is -0.469 e. The minimum absolute atomic E-state index is 0.208. The molecular weight excluding hydrogens is 236 g/mol. The molecule has 0 bridgehead atoms. The van der Waals surface area contributed by atoms with Crippen LogP contribution in [0.5, 0.6) is 0 Å². The predicted octanol–water partition coefficient (Wildman–Crippen LogP) is 1.05. The summed E-state index contributed by atoms with van der Waals surface area (Å²) in [4.78, 5) is 12.1. The molecule has 1 rings (SSSR count). The minimum atomic E-state index is -3.20. The van der Waals surface area contributed by atoms with E-state index >= 15 is 0 Å². The molecule has 0 saturated heterocycles. The molecule has 0 fully saturated rings. The number of ether oxygens (including phenoxy) is 1. The summed E-state index contributed by atoms with van der Waals surface area (Å²) in [5.74, 6) is -1.42. The van der Waals surface area contributed by atoms with Crippen LogP contribution >= 0.6 is 11.3 Å². The van der Waals surface area contributed by atoms with Gasteiger partial charge in [0.2, 0.25) is 0 Å². The first-order valence-electron chi connectivity index (χ1n) is 4.23. The van der Waals surface area contributed by atoms with Crippen molar-refractivity contribution in [1.29, 1.82) is 0 Å². The van der Waals surface area contributed by atoms with E-state index in [1.807, 2.05) is 0 Å². The van der Waals surface area contributed by atoms with E-state index in [4.69, 9.17) is 0 Å². The Morgan fingerprint density at radius 1 is 1.60 bits per heavy atom. The molecule has 0 aliphatic carbocycles. The van der Waals surface area contributed by atoms with Crippen molar-refractivity contribution in [3.63, 3.8) is 0 Å². The van der Waals surface area contributed by atoms with Gasteiger partial charge < -0.3 is 4.74 Å². The average Bonchev–Trinajstić information content (AvgIpc) is 2.64. The fourth-order valence-electron chi connectivity index (χ4n) is 1.20. The second kappa shape index (κ2) is 4.76. The second-order valence-corrected chi connectivity index (χ2v) is 6.35. The highest BCUT2D eigenvalue weighted by Gasteiger charge is 2.26. The van der Waals surface area contributed by atoms with E-state index in [-0.39, 0.29) is 5.75 Å². The smallest absolute Gasteiger partial charge is 0.315 e. The lowest BCUT2D eigenvalue weighted by Crippen LogP contribution is -2.21. The van der Waals surface area contributed by atoms with Gasteiger partial charge in [-0.3, -0.25) is 4.79 Å². The summed E-state index contributed by atoms with van der Waals surface area (Å²) < 4.78 is 26.9. The fraction of sp³-hybridized carbons (Fsp3) is 0.444. The van der Waals surface area contributed by atoms with Gasteiger partial charge in [-0.05, 0) is 11.4 Å². The number of carbonyl (C=O) groups excluding carboxylic acids is 1. The predicted molar refractivity (Wildman–Crippen MR) is 58.8 cm³/mol. The zero-order chi connectivity index (χ0) is 11.5. The summed E-state index contributed by atoms with van der Waals surface area (Å²) in [5, 5.41) is 1.80. The lowest BCUT2D eigenvalue weighted by atomic mass is 10.1. The van der Waals surface area contributed by atoms with E-state index in [0.717, 1.165) is 6.26 Å². The summed E-state index contributed by atoms with van der Waals surface area (Å²) >= 11 is 1.35. The van der Waals surface area contributed by atoms with Crippen LogP contribution in [0.25, 0.3) is 0 Å². The Hall–Kier alpha value is -0.880. The third kappa shape index (κ3) is 3.64. The summed E-state index contributed by atoms with van der Waals surface area (Å²) in [6, 6.07) is 3.51. The number of hydrogen-bond donors (Lipinski definition) is 0. The topological polar surface area (TPSA) is 60.4 Å². The third-order valence-corrected chi connectivity index (χ3v) is 3.77. The molecule has 0 aliphatic rings. The Balaban J connectivity index is 2.94. The Labute approximate surface area is 92.8 Å². The van der Waals surface area contributed by atoms with Crippen molar-refractivity contribution in [2.24, 2.45) is 0 Å². The summed E-state index contributed by atoms with van der Waals surface area (Å²) in [6.07, 6.45) is 1.11. The highest BCUT2D eigenvalue weighted by atomic mass is 32.2. The lowest BCUT2D eigenvalue weighted by Gasteiger charge is -2.11. The highest BCUT2D eigenvalue weighted by molar-refractivity contribution is 7.90. The van der Waals surface area contributed by atoms with E-state index in [1.54, 1.807) is 17.5 Å². The summed E-state index contributed by atoms with van der Waals surface area (Å²) in [6.45, 7) is 0. The van der Waals surface area contributed by atoms with E-state index in [0.29, 0.717) is 4.88 Å². The van der Waals surface area contributed by atoms with Crippen LogP contribution in [-0.4, -0.2) is 33.5 Å². The quantitative estimate of drug-likeness (QED) is 0.747. The Morgan fingerprint density at radius 2 is 2.27 bits per heavy atom. The van der Waals surface area contributed by atoms with Crippen molar-refractivity contribution in [2.45, 2.75) is 5.92 Å². The van der Waals surface area contributed by atoms with E-state index in [2.05, 4.69) is 4.74 Å². The normalized spacial score (nSPS) is 13.5. The van der Waals surface area contributed by atoms with Gasteiger partial charge in [-0.15, -0.1) is 11.3 Å². The van der Waals surface area contributed by atoms with Crippen molar-refractivity contribution in [2.75, 3.05) is 19.1 Å². The molecule has 1 heterocycles. The van der Waals surface area contributed by atoms with Crippen molar-refractivity contribution < 1.29 is 17.9 Å². The average molecular weight is 248 g/mol. The molecule has 0 aromatic carbocycles. The van der Waals surface area contributed by atoms with Crippen LogP contribution in [0.2, 0.25) is 0 Å². The number of esters is 1. The molecule has 0 spiro atoms.